The molecule has 0 bridgehead atoms. The van der Waals surface area contributed by atoms with Crippen molar-refractivity contribution < 1.29 is 9.53 Å². The molecule has 0 aromatic heterocycles. The van der Waals surface area contributed by atoms with Crippen LogP contribution in [0.5, 0.6) is 0 Å². The minimum absolute atomic E-state index is 0.0940. The summed E-state index contributed by atoms with van der Waals surface area (Å²) in [7, 11) is 1.63. The van der Waals surface area contributed by atoms with Crippen LogP contribution in [0.25, 0.3) is 0 Å². The van der Waals surface area contributed by atoms with Gasteiger partial charge in [0.1, 0.15) is 0 Å². The summed E-state index contributed by atoms with van der Waals surface area (Å²) in [6, 6.07) is 5.53. The monoisotopic (exact) mass is 253 g/mol. The van der Waals surface area contributed by atoms with Crippen LogP contribution in [0.1, 0.15) is 29.8 Å². The molecule has 4 heteroatoms. The lowest BCUT2D eigenvalue weighted by molar-refractivity contribution is 0.0228. The molecule has 1 aromatic carbocycles. The summed E-state index contributed by atoms with van der Waals surface area (Å²) < 4.78 is 5.25. The highest BCUT2D eigenvalue weighted by Gasteiger charge is 2.18. The van der Waals surface area contributed by atoms with Crippen LogP contribution in [0, 0.1) is 6.92 Å². The fraction of sp³-hybridized carbons (Fsp3) is 0.462. The molecule has 3 nitrogen and oxygen atoms in total. The Morgan fingerprint density at radius 1 is 1.47 bits per heavy atom. The first-order valence-electron chi connectivity index (χ1n) is 5.49. The smallest absolute Gasteiger partial charge is 0.251 e. The molecule has 0 saturated heterocycles. The van der Waals surface area contributed by atoms with Crippen molar-refractivity contribution in [1.82, 2.24) is 5.32 Å². The van der Waals surface area contributed by atoms with Gasteiger partial charge >= 0.3 is 0 Å². The Morgan fingerprint density at radius 3 is 2.71 bits per heavy atom. The lowest BCUT2D eigenvalue weighted by Gasteiger charge is -2.23. The van der Waals surface area contributed by atoms with Gasteiger partial charge in [0.05, 0.1) is 5.60 Å². The predicted molar refractivity (Wildman–Crippen MR) is 71.9 cm³/mol. The number of ether oxygens (including phenoxy) is 1. The van der Waals surface area contributed by atoms with Gasteiger partial charge in [0.25, 0.3) is 5.91 Å². The summed E-state index contributed by atoms with van der Waals surface area (Å²) in [6.07, 6.45) is 0. The third-order valence-corrected chi connectivity index (χ3v) is 2.97. The fourth-order valence-corrected chi connectivity index (χ4v) is 1.52. The molecule has 1 N–H and O–H groups in total. The second-order valence-electron chi connectivity index (χ2n) is 4.65. The van der Waals surface area contributed by atoms with Gasteiger partial charge in [0.2, 0.25) is 0 Å². The van der Waals surface area contributed by atoms with Crippen molar-refractivity contribution in [2.24, 2.45) is 0 Å². The van der Waals surface area contributed by atoms with E-state index in [4.69, 9.17) is 4.74 Å². The number of carbonyl (C=O) groups is 1. The van der Waals surface area contributed by atoms with Crippen LogP contribution in [0.3, 0.4) is 0 Å². The van der Waals surface area contributed by atoms with Crippen LogP contribution in [-0.2, 0) is 4.74 Å². The van der Waals surface area contributed by atoms with E-state index in [1.54, 1.807) is 13.2 Å². The minimum atomic E-state index is -0.359. The molecular weight excluding hydrogens is 234 g/mol. The molecule has 0 aliphatic heterocycles. The lowest BCUT2D eigenvalue weighted by Crippen LogP contribution is -2.39. The molecular formula is C13H19NO2S. The van der Waals surface area contributed by atoms with Gasteiger partial charge in [-0.1, -0.05) is 6.07 Å². The quantitative estimate of drug-likeness (QED) is 0.809. The summed E-state index contributed by atoms with van der Waals surface area (Å²) in [6.45, 7) is 6.23. The number of hydrogen-bond acceptors (Lipinski definition) is 3. The Kier molecular flexibility index (Phi) is 4.60. The molecule has 0 atom stereocenters. The van der Waals surface area contributed by atoms with Crippen molar-refractivity contribution in [3.05, 3.63) is 29.3 Å². The van der Waals surface area contributed by atoms with E-state index in [0.717, 1.165) is 10.5 Å². The first kappa shape index (κ1) is 14.1. The summed E-state index contributed by atoms with van der Waals surface area (Å²) in [5, 5.41) is 2.86. The first-order valence-corrected chi connectivity index (χ1v) is 5.93. The summed E-state index contributed by atoms with van der Waals surface area (Å²) in [5.41, 5.74) is 1.24. The Balaban J connectivity index is 2.74. The number of rotatable bonds is 4. The molecule has 0 radical (unpaired) electrons. The van der Waals surface area contributed by atoms with E-state index in [1.165, 1.54) is 0 Å². The molecule has 0 aliphatic carbocycles. The zero-order chi connectivity index (χ0) is 13.1. The average molecular weight is 253 g/mol. The van der Waals surface area contributed by atoms with Gasteiger partial charge in [-0.25, -0.2) is 0 Å². The van der Waals surface area contributed by atoms with Gasteiger partial charge in [-0.3, -0.25) is 4.79 Å². The van der Waals surface area contributed by atoms with Crippen molar-refractivity contribution >= 4 is 18.5 Å². The van der Waals surface area contributed by atoms with Gasteiger partial charge in [-0.15, -0.1) is 12.6 Å². The molecule has 17 heavy (non-hydrogen) atoms. The number of nitrogens with one attached hydrogen (secondary N) is 1. The van der Waals surface area contributed by atoms with E-state index in [-0.39, 0.29) is 11.5 Å². The predicted octanol–water partition coefficient (Wildman–Crippen LogP) is 2.44. The number of aryl methyl sites for hydroxylation is 1. The second kappa shape index (κ2) is 5.56. The van der Waals surface area contributed by atoms with Crippen LogP contribution in [-0.4, -0.2) is 25.2 Å². The maximum Gasteiger partial charge on any atom is 0.251 e. The van der Waals surface area contributed by atoms with E-state index < -0.39 is 0 Å². The second-order valence-corrected chi connectivity index (χ2v) is 5.16. The largest absolute Gasteiger partial charge is 0.377 e. The number of benzene rings is 1. The van der Waals surface area contributed by atoms with E-state index in [1.807, 2.05) is 32.9 Å². The summed E-state index contributed by atoms with van der Waals surface area (Å²) in [5.74, 6) is -0.0940. The highest BCUT2D eigenvalue weighted by atomic mass is 32.1. The van der Waals surface area contributed by atoms with Crippen LogP contribution in [0.4, 0.5) is 0 Å². The standard InChI is InChI=1S/C13H19NO2S/c1-9-5-6-10(17)7-11(9)12(15)14-8-13(2,3)16-4/h5-7,17H,8H2,1-4H3,(H,14,15). The van der Waals surface area contributed by atoms with Gasteiger partial charge < -0.3 is 10.1 Å². The summed E-state index contributed by atoms with van der Waals surface area (Å²) >= 11 is 4.23. The summed E-state index contributed by atoms with van der Waals surface area (Å²) in [4.78, 5) is 12.8. The molecule has 94 valence electrons. The van der Waals surface area contributed by atoms with E-state index in [2.05, 4.69) is 17.9 Å². The van der Waals surface area contributed by atoms with Crippen LogP contribution in [0.2, 0.25) is 0 Å². The first-order chi connectivity index (χ1) is 7.85. The lowest BCUT2D eigenvalue weighted by atomic mass is 10.1. The third kappa shape index (κ3) is 4.06. The molecule has 0 spiro atoms. The van der Waals surface area contributed by atoms with Crippen molar-refractivity contribution in [1.29, 1.82) is 0 Å². The van der Waals surface area contributed by atoms with Crippen LogP contribution in [0.15, 0.2) is 23.1 Å². The van der Waals surface area contributed by atoms with Gasteiger partial charge in [0.15, 0.2) is 0 Å². The SMILES string of the molecule is COC(C)(C)CNC(=O)c1cc(S)ccc1C. The van der Waals surface area contributed by atoms with Crippen molar-refractivity contribution in [2.75, 3.05) is 13.7 Å². The van der Waals surface area contributed by atoms with Gasteiger partial charge in [-0.05, 0) is 38.5 Å². The van der Waals surface area contributed by atoms with Crippen molar-refractivity contribution in [3.8, 4) is 0 Å². The molecule has 1 amide bonds. The molecule has 1 aromatic rings. The Hall–Kier alpha value is -1.00. The number of hydrogen-bond donors (Lipinski definition) is 2. The Labute approximate surface area is 108 Å². The Bertz CT molecular complexity index is 416. The molecule has 0 heterocycles. The molecule has 0 aliphatic rings. The topological polar surface area (TPSA) is 38.3 Å². The van der Waals surface area contributed by atoms with E-state index >= 15 is 0 Å². The molecule has 0 saturated carbocycles. The fourth-order valence-electron chi connectivity index (χ4n) is 1.32. The van der Waals surface area contributed by atoms with Gasteiger partial charge in [0, 0.05) is 24.1 Å². The molecule has 0 unspecified atom stereocenters. The highest BCUT2D eigenvalue weighted by molar-refractivity contribution is 7.80. The zero-order valence-electron chi connectivity index (χ0n) is 10.7. The van der Waals surface area contributed by atoms with E-state index in [9.17, 15) is 4.79 Å². The number of carbonyl (C=O) groups excluding carboxylic acids is 1. The third-order valence-electron chi connectivity index (χ3n) is 2.69. The van der Waals surface area contributed by atoms with Crippen LogP contribution >= 0.6 is 12.6 Å². The average Bonchev–Trinajstić information content (AvgIpc) is 2.29. The normalized spacial score (nSPS) is 11.4. The maximum atomic E-state index is 12.0. The zero-order valence-corrected chi connectivity index (χ0v) is 11.6. The number of amides is 1. The van der Waals surface area contributed by atoms with Gasteiger partial charge in [-0.2, -0.15) is 0 Å². The minimum Gasteiger partial charge on any atom is -0.377 e. The highest BCUT2D eigenvalue weighted by Crippen LogP contribution is 2.14. The van der Waals surface area contributed by atoms with Crippen LogP contribution < -0.4 is 5.32 Å². The number of methoxy groups -OCH3 is 1. The maximum absolute atomic E-state index is 12.0. The molecule has 0 fully saturated rings. The molecule has 1 rings (SSSR count). The van der Waals surface area contributed by atoms with E-state index in [0.29, 0.717) is 12.1 Å². The van der Waals surface area contributed by atoms with Crippen molar-refractivity contribution in [2.45, 2.75) is 31.3 Å². The number of thiol groups is 1. The van der Waals surface area contributed by atoms with Crippen molar-refractivity contribution in [3.63, 3.8) is 0 Å². The Morgan fingerprint density at radius 2 is 2.12 bits per heavy atom.